The molecule has 13 heavy (non-hydrogen) atoms. The molecule has 0 aliphatic carbocycles. The van der Waals surface area contributed by atoms with Crippen molar-refractivity contribution < 1.29 is 4.74 Å². The molecule has 0 spiro atoms. The van der Waals surface area contributed by atoms with E-state index < -0.39 is 0 Å². The Bertz CT molecular complexity index is 98.9. The number of thioether (sulfide) groups is 1. The Hall–Kier alpha value is 0.270. The number of rotatable bonds is 9. The minimum Gasteiger partial charge on any atom is -0.380 e. The summed E-state index contributed by atoms with van der Waals surface area (Å²) >= 11 is 1.81. The van der Waals surface area contributed by atoms with Gasteiger partial charge in [-0.3, -0.25) is 0 Å². The van der Waals surface area contributed by atoms with E-state index in [1.807, 2.05) is 11.8 Å². The molecule has 0 aliphatic rings. The van der Waals surface area contributed by atoms with Gasteiger partial charge in [-0.1, -0.05) is 13.8 Å². The van der Waals surface area contributed by atoms with Crippen molar-refractivity contribution in [3.05, 3.63) is 0 Å². The zero-order chi connectivity index (χ0) is 9.94. The highest BCUT2D eigenvalue weighted by molar-refractivity contribution is 7.98. The van der Waals surface area contributed by atoms with E-state index in [1.165, 1.54) is 12.8 Å². The fraction of sp³-hybridized carbons (Fsp3) is 1.00. The molecule has 0 radical (unpaired) electrons. The summed E-state index contributed by atoms with van der Waals surface area (Å²) in [5, 5.41) is 3.27. The molecule has 3 heteroatoms. The summed E-state index contributed by atoms with van der Waals surface area (Å²) < 4.78 is 5.46. The maximum absolute atomic E-state index is 5.46. The third-order valence-electron chi connectivity index (χ3n) is 1.74. The quantitative estimate of drug-likeness (QED) is 0.461. The second-order valence-electron chi connectivity index (χ2n) is 3.58. The van der Waals surface area contributed by atoms with Crippen LogP contribution in [0.2, 0.25) is 0 Å². The first kappa shape index (κ1) is 13.3. The SMILES string of the molecule is CSCNCCOCCCC(C)C. The molecule has 0 bridgehead atoms. The summed E-state index contributed by atoms with van der Waals surface area (Å²) in [6.45, 7) is 7.24. The Balaban J connectivity index is 2.84. The highest BCUT2D eigenvalue weighted by Crippen LogP contribution is 2.02. The summed E-state index contributed by atoms with van der Waals surface area (Å²) in [6, 6.07) is 0. The van der Waals surface area contributed by atoms with Crippen LogP contribution < -0.4 is 5.32 Å². The Morgan fingerprint density at radius 1 is 1.31 bits per heavy atom. The standard InChI is InChI=1S/C10H23NOS/c1-10(2)5-4-7-12-8-6-11-9-13-3/h10-11H,4-9H2,1-3H3. The highest BCUT2D eigenvalue weighted by atomic mass is 32.2. The van der Waals surface area contributed by atoms with E-state index in [4.69, 9.17) is 4.74 Å². The van der Waals surface area contributed by atoms with Crippen molar-refractivity contribution in [1.82, 2.24) is 5.32 Å². The summed E-state index contributed by atoms with van der Waals surface area (Å²) in [6.07, 6.45) is 4.56. The molecule has 0 aromatic carbocycles. The minimum atomic E-state index is 0.804. The summed E-state index contributed by atoms with van der Waals surface area (Å²) in [5.41, 5.74) is 0. The molecule has 0 aromatic heterocycles. The predicted octanol–water partition coefficient (Wildman–Crippen LogP) is 2.35. The van der Waals surface area contributed by atoms with Crippen molar-refractivity contribution in [2.45, 2.75) is 26.7 Å². The third kappa shape index (κ3) is 12.3. The lowest BCUT2D eigenvalue weighted by molar-refractivity contribution is 0.130. The Kier molecular flexibility index (Phi) is 10.6. The molecule has 0 heterocycles. The lowest BCUT2D eigenvalue weighted by Gasteiger charge is -2.06. The minimum absolute atomic E-state index is 0.804. The third-order valence-corrected chi connectivity index (χ3v) is 2.23. The molecule has 0 fully saturated rings. The smallest absolute Gasteiger partial charge is 0.0591 e. The molecule has 80 valence electrons. The van der Waals surface area contributed by atoms with E-state index in [-0.39, 0.29) is 0 Å². The predicted molar refractivity (Wildman–Crippen MR) is 61.3 cm³/mol. The molecule has 2 nitrogen and oxygen atoms in total. The molecule has 1 N–H and O–H groups in total. The Labute approximate surface area is 86.8 Å². The summed E-state index contributed by atoms with van der Waals surface area (Å²) in [4.78, 5) is 0. The van der Waals surface area contributed by atoms with Crippen LogP contribution in [0.25, 0.3) is 0 Å². The van der Waals surface area contributed by atoms with Crippen molar-refractivity contribution in [2.24, 2.45) is 5.92 Å². The number of hydrogen-bond acceptors (Lipinski definition) is 3. The molecular weight excluding hydrogens is 182 g/mol. The van der Waals surface area contributed by atoms with Gasteiger partial charge in [-0.05, 0) is 25.0 Å². The van der Waals surface area contributed by atoms with Gasteiger partial charge >= 0.3 is 0 Å². The number of ether oxygens (including phenoxy) is 1. The van der Waals surface area contributed by atoms with E-state index in [2.05, 4.69) is 25.4 Å². The lowest BCUT2D eigenvalue weighted by atomic mass is 10.1. The zero-order valence-electron chi connectivity index (χ0n) is 9.14. The van der Waals surface area contributed by atoms with Crippen molar-refractivity contribution in [3.8, 4) is 0 Å². The van der Waals surface area contributed by atoms with Gasteiger partial charge in [-0.15, -0.1) is 11.8 Å². The maximum atomic E-state index is 5.46. The normalized spacial score (nSPS) is 11.1. The van der Waals surface area contributed by atoms with Gasteiger partial charge in [0.05, 0.1) is 6.61 Å². The summed E-state index contributed by atoms with van der Waals surface area (Å²) in [7, 11) is 0. The van der Waals surface area contributed by atoms with Gasteiger partial charge in [0.15, 0.2) is 0 Å². The van der Waals surface area contributed by atoms with Gasteiger partial charge in [0.25, 0.3) is 0 Å². The topological polar surface area (TPSA) is 21.3 Å². The molecule has 0 aliphatic heterocycles. The first-order valence-electron chi connectivity index (χ1n) is 5.04. The second-order valence-corrected chi connectivity index (χ2v) is 4.45. The molecule has 0 atom stereocenters. The highest BCUT2D eigenvalue weighted by Gasteiger charge is 1.93. The molecule has 0 rings (SSSR count). The van der Waals surface area contributed by atoms with Crippen molar-refractivity contribution in [1.29, 1.82) is 0 Å². The Morgan fingerprint density at radius 2 is 2.08 bits per heavy atom. The molecule has 0 aromatic rings. The van der Waals surface area contributed by atoms with E-state index in [1.54, 1.807) is 0 Å². The van der Waals surface area contributed by atoms with Crippen LogP contribution in [0, 0.1) is 5.92 Å². The Morgan fingerprint density at radius 3 is 2.69 bits per heavy atom. The monoisotopic (exact) mass is 205 g/mol. The maximum Gasteiger partial charge on any atom is 0.0591 e. The fourth-order valence-corrected chi connectivity index (χ4v) is 1.36. The van der Waals surface area contributed by atoms with Crippen LogP contribution in [0.5, 0.6) is 0 Å². The first-order chi connectivity index (χ1) is 6.27. The average Bonchev–Trinajstić information content (AvgIpc) is 2.09. The molecule has 0 amide bonds. The molecular formula is C10H23NOS. The van der Waals surface area contributed by atoms with Crippen molar-refractivity contribution >= 4 is 11.8 Å². The van der Waals surface area contributed by atoms with Crippen LogP contribution >= 0.6 is 11.8 Å². The van der Waals surface area contributed by atoms with Gasteiger partial charge in [-0.25, -0.2) is 0 Å². The van der Waals surface area contributed by atoms with Gasteiger partial charge in [0.1, 0.15) is 0 Å². The van der Waals surface area contributed by atoms with E-state index in [0.29, 0.717) is 0 Å². The lowest BCUT2D eigenvalue weighted by Crippen LogP contribution is -2.19. The molecule has 0 unspecified atom stereocenters. The second kappa shape index (κ2) is 10.4. The average molecular weight is 205 g/mol. The molecule has 0 saturated heterocycles. The van der Waals surface area contributed by atoms with Crippen LogP contribution in [0.1, 0.15) is 26.7 Å². The summed E-state index contributed by atoms with van der Waals surface area (Å²) in [5.74, 6) is 1.83. The first-order valence-corrected chi connectivity index (χ1v) is 6.44. The van der Waals surface area contributed by atoms with Crippen molar-refractivity contribution in [2.75, 3.05) is 31.9 Å². The van der Waals surface area contributed by atoms with E-state index >= 15 is 0 Å². The van der Waals surface area contributed by atoms with Gasteiger partial charge in [0.2, 0.25) is 0 Å². The van der Waals surface area contributed by atoms with Crippen LogP contribution in [-0.2, 0) is 4.74 Å². The van der Waals surface area contributed by atoms with Gasteiger partial charge < -0.3 is 10.1 Å². The fourth-order valence-electron chi connectivity index (χ4n) is 1.01. The number of nitrogens with one attached hydrogen (secondary N) is 1. The molecule has 0 saturated carbocycles. The van der Waals surface area contributed by atoms with Crippen LogP contribution in [0.4, 0.5) is 0 Å². The number of hydrogen-bond donors (Lipinski definition) is 1. The van der Waals surface area contributed by atoms with E-state index in [0.717, 1.165) is 31.6 Å². The van der Waals surface area contributed by atoms with Gasteiger partial charge in [-0.2, -0.15) is 0 Å². The zero-order valence-corrected chi connectivity index (χ0v) is 9.95. The van der Waals surface area contributed by atoms with Gasteiger partial charge in [0, 0.05) is 19.0 Å². The van der Waals surface area contributed by atoms with E-state index in [9.17, 15) is 0 Å². The van der Waals surface area contributed by atoms with Crippen LogP contribution in [0.3, 0.4) is 0 Å². The van der Waals surface area contributed by atoms with Crippen molar-refractivity contribution in [3.63, 3.8) is 0 Å². The van der Waals surface area contributed by atoms with Crippen LogP contribution in [0.15, 0.2) is 0 Å². The largest absolute Gasteiger partial charge is 0.380 e. The van der Waals surface area contributed by atoms with Crippen LogP contribution in [-0.4, -0.2) is 31.9 Å².